The Bertz CT molecular complexity index is 94.9. The Morgan fingerprint density at radius 1 is 1.14 bits per heavy atom. The average molecular weight is 399 g/mol. The summed E-state index contributed by atoms with van der Waals surface area (Å²) in [6, 6.07) is 0. The van der Waals surface area contributed by atoms with Crippen molar-refractivity contribution in [2.24, 2.45) is 0 Å². The summed E-state index contributed by atoms with van der Waals surface area (Å²) in [6.45, 7) is 0. The summed E-state index contributed by atoms with van der Waals surface area (Å²) in [5, 5.41) is 0. The van der Waals surface area contributed by atoms with E-state index in [1.54, 1.807) is 0 Å². The predicted octanol–water partition coefficient (Wildman–Crippen LogP) is -1.57. The van der Waals surface area contributed by atoms with Crippen molar-refractivity contribution in [1.82, 2.24) is 0 Å². The second-order valence-corrected chi connectivity index (χ2v) is 1.34. The van der Waals surface area contributed by atoms with Crippen LogP contribution in [0.2, 0.25) is 0 Å². The number of rotatable bonds is 0. The van der Waals surface area contributed by atoms with Gasteiger partial charge in [0.15, 0.2) is 0 Å². The van der Waals surface area contributed by atoms with Gasteiger partial charge in [0.1, 0.15) is 0 Å². The monoisotopic (exact) mass is 398 g/mol. The van der Waals surface area contributed by atoms with Crippen molar-refractivity contribution in [2.45, 2.75) is 0 Å². The summed E-state index contributed by atoms with van der Waals surface area (Å²) in [5.74, 6) is 0. The van der Waals surface area contributed by atoms with Crippen molar-refractivity contribution in [2.75, 3.05) is 0 Å². The predicted molar refractivity (Wildman–Crippen MR) is 22.7 cm³/mol. The maximum Gasteiger partial charge on any atom is 0 e. The van der Waals surface area contributed by atoms with Crippen LogP contribution in [0.25, 0.3) is 0 Å². The van der Waals surface area contributed by atoms with Crippen LogP contribution in [0.15, 0.2) is 0 Å². The summed E-state index contributed by atoms with van der Waals surface area (Å²) in [7, 11) is -4.67. The largest absolute Gasteiger partial charge is 0 e. The first-order chi connectivity index (χ1) is 2.00. The zero-order valence-electron chi connectivity index (χ0n) is 3.33. The van der Waals surface area contributed by atoms with Crippen molar-refractivity contribution < 1.29 is 43.7 Å². The SMILES string of the molecule is O=S(=O)(O)O.[PbH2].[Zr]. The molecule has 0 fully saturated rings. The molecule has 0 aliphatic rings. The van der Waals surface area contributed by atoms with E-state index >= 15 is 0 Å². The summed E-state index contributed by atoms with van der Waals surface area (Å²) in [5.41, 5.74) is 0. The molecule has 0 amide bonds. The molecule has 2 radical (unpaired) electrons. The fourth-order valence-electron chi connectivity index (χ4n) is 0. The molecule has 0 bridgehead atoms. The van der Waals surface area contributed by atoms with E-state index in [2.05, 4.69) is 0 Å². The molecule has 0 aliphatic carbocycles. The van der Waals surface area contributed by atoms with E-state index in [0.717, 1.165) is 0 Å². The molecule has 0 unspecified atom stereocenters. The molecular weight excluding hydrogens is 394 g/mol. The van der Waals surface area contributed by atoms with Crippen LogP contribution in [0.1, 0.15) is 0 Å². The van der Waals surface area contributed by atoms with Gasteiger partial charge in [0.25, 0.3) is 0 Å². The molecule has 0 saturated heterocycles. The Morgan fingerprint density at radius 3 is 1.14 bits per heavy atom. The molecule has 42 valence electrons. The maximum absolute atomic E-state index is 8.74. The standard InChI is InChI=1S/H2O4S.Pb.Zr.2H/c1-5(2,3)4;;;;/h(H2,1,2,3,4);;;;. The van der Waals surface area contributed by atoms with Gasteiger partial charge in [0.05, 0.1) is 0 Å². The normalized spacial score (nSPS) is 8.29. The summed E-state index contributed by atoms with van der Waals surface area (Å²) in [6.07, 6.45) is 0. The molecule has 0 aromatic rings. The van der Waals surface area contributed by atoms with Gasteiger partial charge in [0, 0.05) is 26.2 Å². The van der Waals surface area contributed by atoms with Crippen LogP contribution in [0, 0.1) is 0 Å². The van der Waals surface area contributed by atoms with Crippen molar-refractivity contribution >= 4 is 37.7 Å². The minimum Gasteiger partial charge on any atom is 0 e. The summed E-state index contributed by atoms with van der Waals surface area (Å²) >= 11 is 0. The van der Waals surface area contributed by atoms with Gasteiger partial charge >= 0.3 is 37.7 Å². The first-order valence-electron chi connectivity index (χ1n) is 0.698. The fraction of sp³-hybridized carbons (Fsp3) is 0. The van der Waals surface area contributed by atoms with E-state index in [0.29, 0.717) is 0 Å². The Labute approximate surface area is 80.5 Å². The molecule has 0 saturated carbocycles. The van der Waals surface area contributed by atoms with Gasteiger partial charge in [-0.1, -0.05) is 0 Å². The van der Waals surface area contributed by atoms with Gasteiger partial charge < -0.3 is 0 Å². The van der Waals surface area contributed by atoms with Crippen molar-refractivity contribution in [1.29, 1.82) is 0 Å². The zero-order valence-corrected chi connectivity index (χ0v) is 12.1. The van der Waals surface area contributed by atoms with Crippen molar-refractivity contribution in [3.63, 3.8) is 0 Å². The molecule has 0 aliphatic heterocycles. The fourth-order valence-corrected chi connectivity index (χ4v) is 0. The van der Waals surface area contributed by atoms with Gasteiger partial charge in [-0.05, 0) is 0 Å². The Kier molecular flexibility index (Phi) is 13.2. The van der Waals surface area contributed by atoms with Crippen LogP contribution >= 0.6 is 0 Å². The van der Waals surface area contributed by atoms with Gasteiger partial charge in [-0.2, -0.15) is 8.42 Å². The second-order valence-electron chi connectivity index (χ2n) is 0.448. The minimum absolute atomic E-state index is 0. The third-order valence-electron chi connectivity index (χ3n) is 0. The Balaban J connectivity index is -0.0000000800. The number of hydrogen-bond donors (Lipinski definition) is 2. The van der Waals surface area contributed by atoms with Gasteiger partial charge in [-0.3, -0.25) is 9.11 Å². The smallest absolute Gasteiger partial charge is 0 e. The molecule has 0 atom stereocenters. The average Bonchev–Trinajstić information content (AvgIpc) is 0.722. The third-order valence-corrected chi connectivity index (χ3v) is 0. The van der Waals surface area contributed by atoms with Gasteiger partial charge in [-0.15, -0.1) is 0 Å². The van der Waals surface area contributed by atoms with Crippen LogP contribution in [-0.4, -0.2) is 44.8 Å². The molecule has 0 aromatic heterocycles. The maximum atomic E-state index is 8.74. The van der Waals surface area contributed by atoms with Crippen LogP contribution < -0.4 is 0 Å². The topological polar surface area (TPSA) is 74.6 Å². The molecule has 4 nitrogen and oxygen atoms in total. The zero-order chi connectivity index (χ0) is 4.50. The van der Waals surface area contributed by atoms with Crippen molar-refractivity contribution in [3.8, 4) is 0 Å². The molecule has 0 aromatic carbocycles. The van der Waals surface area contributed by atoms with E-state index in [1.165, 1.54) is 0 Å². The Hall–Kier alpha value is 1.68. The molecular formula is H4O4PbSZr. The van der Waals surface area contributed by atoms with Gasteiger partial charge in [0.2, 0.25) is 0 Å². The van der Waals surface area contributed by atoms with E-state index < -0.39 is 10.4 Å². The van der Waals surface area contributed by atoms with Crippen LogP contribution in [-0.2, 0) is 36.6 Å². The molecule has 0 heterocycles. The summed E-state index contributed by atoms with van der Waals surface area (Å²) < 4.78 is 31.6. The van der Waals surface area contributed by atoms with Crippen LogP contribution in [0.5, 0.6) is 0 Å². The molecule has 0 rings (SSSR count). The minimum atomic E-state index is -4.67. The molecule has 7 heteroatoms. The van der Waals surface area contributed by atoms with Crippen LogP contribution in [0.4, 0.5) is 0 Å². The Morgan fingerprint density at radius 2 is 1.14 bits per heavy atom. The first-order valence-corrected chi connectivity index (χ1v) is 2.10. The number of hydrogen-bond acceptors (Lipinski definition) is 2. The molecule has 0 spiro atoms. The van der Waals surface area contributed by atoms with E-state index in [9.17, 15) is 0 Å². The third kappa shape index (κ3) is 88.1. The summed E-state index contributed by atoms with van der Waals surface area (Å²) in [4.78, 5) is 0. The first kappa shape index (κ1) is 15.9. The second kappa shape index (κ2) is 5.81. The van der Waals surface area contributed by atoms with Gasteiger partial charge in [-0.25, -0.2) is 0 Å². The van der Waals surface area contributed by atoms with E-state index in [4.69, 9.17) is 17.5 Å². The van der Waals surface area contributed by atoms with E-state index in [1.807, 2.05) is 0 Å². The van der Waals surface area contributed by atoms with Crippen LogP contribution in [0.3, 0.4) is 0 Å². The van der Waals surface area contributed by atoms with E-state index in [-0.39, 0.29) is 53.5 Å². The molecule has 2 N–H and O–H groups in total. The van der Waals surface area contributed by atoms with Crippen molar-refractivity contribution in [3.05, 3.63) is 0 Å². The molecule has 7 heavy (non-hydrogen) atoms. The quantitative estimate of drug-likeness (QED) is 0.382.